The summed E-state index contributed by atoms with van der Waals surface area (Å²) in [6, 6.07) is 17.9. The summed E-state index contributed by atoms with van der Waals surface area (Å²) in [5.41, 5.74) is 3.75. The molecular formula is C28H29FN2O3. The van der Waals surface area contributed by atoms with Crippen molar-refractivity contribution in [3.63, 3.8) is 0 Å². The molecule has 0 atom stereocenters. The van der Waals surface area contributed by atoms with Crippen molar-refractivity contribution in [1.29, 1.82) is 0 Å². The zero-order chi connectivity index (χ0) is 23.9. The number of methoxy groups -OCH3 is 1. The van der Waals surface area contributed by atoms with Gasteiger partial charge in [0.25, 0.3) is 5.91 Å². The summed E-state index contributed by atoms with van der Waals surface area (Å²) >= 11 is 0. The topological polar surface area (TPSA) is 51.1 Å². The number of amides is 1. The van der Waals surface area contributed by atoms with Crippen molar-refractivity contribution in [1.82, 2.24) is 4.90 Å². The molecule has 1 aliphatic heterocycles. The van der Waals surface area contributed by atoms with Crippen LogP contribution < -0.4 is 9.47 Å². The lowest BCUT2D eigenvalue weighted by atomic mass is 10.1. The first-order valence-electron chi connectivity index (χ1n) is 11.5. The van der Waals surface area contributed by atoms with Gasteiger partial charge >= 0.3 is 0 Å². The molecule has 3 aromatic carbocycles. The van der Waals surface area contributed by atoms with Gasteiger partial charge in [0.15, 0.2) is 11.5 Å². The van der Waals surface area contributed by atoms with Gasteiger partial charge in [-0.25, -0.2) is 4.39 Å². The average molecular weight is 461 g/mol. The summed E-state index contributed by atoms with van der Waals surface area (Å²) in [4.78, 5) is 19.0. The van der Waals surface area contributed by atoms with Crippen LogP contribution in [0.1, 0.15) is 46.3 Å². The Kier molecular flexibility index (Phi) is 7.58. The van der Waals surface area contributed by atoms with Crippen molar-refractivity contribution in [2.75, 3.05) is 20.2 Å². The Hall–Kier alpha value is -3.67. The van der Waals surface area contributed by atoms with E-state index in [4.69, 9.17) is 9.47 Å². The third kappa shape index (κ3) is 5.81. The summed E-state index contributed by atoms with van der Waals surface area (Å²) in [5.74, 6) is 1.06. The first-order chi connectivity index (χ1) is 16.5. The van der Waals surface area contributed by atoms with E-state index in [9.17, 15) is 9.18 Å². The Bertz CT molecular complexity index is 1170. The zero-order valence-corrected chi connectivity index (χ0v) is 19.6. The van der Waals surface area contributed by atoms with E-state index < -0.39 is 0 Å². The fraction of sp³-hybridized carbons (Fsp3) is 0.286. The molecule has 0 aromatic heterocycles. The fourth-order valence-electron chi connectivity index (χ4n) is 3.93. The number of carbonyl (C=O) groups excluding carboxylic acids is 1. The summed E-state index contributed by atoms with van der Waals surface area (Å²) in [6.45, 7) is 3.75. The van der Waals surface area contributed by atoms with E-state index in [0.717, 1.165) is 37.1 Å². The van der Waals surface area contributed by atoms with Gasteiger partial charge in [0.2, 0.25) is 0 Å². The summed E-state index contributed by atoms with van der Waals surface area (Å²) in [5, 5.41) is 0. The third-order valence-corrected chi connectivity index (χ3v) is 5.93. The number of halogens is 1. The van der Waals surface area contributed by atoms with Gasteiger partial charge in [-0.15, -0.1) is 0 Å². The number of aryl methyl sites for hydroxylation is 1. The highest BCUT2D eigenvalue weighted by atomic mass is 19.1. The fourth-order valence-corrected chi connectivity index (χ4v) is 3.93. The van der Waals surface area contributed by atoms with Crippen molar-refractivity contribution < 1.29 is 18.7 Å². The highest BCUT2D eigenvalue weighted by molar-refractivity contribution is 5.94. The first kappa shape index (κ1) is 23.5. The van der Waals surface area contributed by atoms with Gasteiger partial charge in [-0.3, -0.25) is 9.79 Å². The normalized spacial score (nSPS) is 13.8. The van der Waals surface area contributed by atoms with E-state index in [1.165, 1.54) is 12.5 Å². The van der Waals surface area contributed by atoms with Gasteiger partial charge in [-0.2, -0.15) is 0 Å². The standard InChI is InChI=1S/C28H29FN2O3/c1-20-16-24(11-12-25(20)29)30-18-22-8-13-26(27(17-22)33-2)34-19-21-6-9-23(10-7-21)28(32)31-14-4-3-5-15-31/h6-13,16-18H,3-5,14-15,19H2,1-2H3. The quantitative estimate of drug-likeness (QED) is 0.401. The van der Waals surface area contributed by atoms with Crippen LogP contribution in [-0.4, -0.2) is 37.2 Å². The lowest BCUT2D eigenvalue weighted by molar-refractivity contribution is 0.0724. The molecule has 6 heteroatoms. The van der Waals surface area contributed by atoms with Crippen LogP contribution in [0.25, 0.3) is 0 Å². The number of hydrogen-bond acceptors (Lipinski definition) is 4. The molecule has 176 valence electrons. The Labute approximate surface area is 199 Å². The van der Waals surface area contributed by atoms with E-state index in [-0.39, 0.29) is 11.7 Å². The van der Waals surface area contributed by atoms with Crippen LogP contribution >= 0.6 is 0 Å². The number of likely N-dealkylation sites (tertiary alicyclic amines) is 1. The van der Waals surface area contributed by atoms with Crippen molar-refractivity contribution >= 4 is 17.8 Å². The SMILES string of the molecule is COc1cc(C=Nc2ccc(F)c(C)c2)ccc1OCc1ccc(C(=O)N2CCCCC2)cc1. The minimum atomic E-state index is -0.245. The van der Waals surface area contributed by atoms with E-state index in [1.54, 1.807) is 32.4 Å². The van der Waals surface area contributed by atoms with E-state index in [1.807, 2.05) is 47.4 Å². The van der Waals surface area contributed by atoms with Gasteiger partial charge in [0, 0.05) is 24.9 Å². The molecule has 0 aliphatic carbocycles. The summed E-state index contributed by atoms with van der Waals surface area (Å²) in [7, 11) is 1.59. The van der Waals surface area contributed by atoms with E-state index >= 15 is 0 Å². The molecule has 0 radical (unpaired) electrons. The molecule has 0 saturated carbocycles. The van der Waals surface area contributed by atoms with E-state index in [0.29, 0.717) is 34.9 Å². The predicted octanol–water partition coefficient (Wildman–Crippen LogP) is 6.10. The molecule has 1 saturated heterocycles. The van der Waals surface area contributed by atoms with Crippen molar-refractivity contribution in [2.24, 2.45) is 4.99 Å². The van der Waals surface area contributed by atoms with Gasteiger partial charge in [0.1, 0.15) is 12.4 Å². The second-order valence-electron chi connectivity index (χ2n) is 8.44. The number of ether oxygens (including phenoxy) is 2. The van der Waals surface area contributed by atoms with Crippen molar-refractivity contribution in [2.45, 2.75) is 32.8 Å². The Morgan fingerprint density at radius 2 is 1.76 bits per heavy atom. The number of aliphatic imine (C=N–C) groups is 1. The Morgan fingerprint density at radius 3 is 2.47 bits per heavy atom. The largest absolute Gasteiger partial charge is 0.493 e. The van der Waals surface area contributed by atoms with Crippen LogP contribution in [0.15, 0.2) is 65.7 Å². The van der Waals surface area contributed by atoms with Gasteiger partial charge < -0.3 is 14.4 Å². The minimum Gasteiger partial charge on any atom is -0.493 e. The monoisotopic (exact) mass is 460 g/mol. The molecular weight excluding hydrogens is 431 g/mol. The van der Waals surface area contributed by atoms with Gasteiger partial charge in [-0.05, 0) is 91.4 Å². The maximum atomic E-state index is 13.4. The lowest BCUT2D eigenvalue weighted by Crippen LogP contribution is -2.35. The molecule has 3 aromatic rings. The Balaban J connectivity index is 1.38. The van der Waals surface area contributed by atoms with Crippen LogP contribution in [0.4, 0.5) is 10.1 Å². The molecule has 1 heterocycles. The predicted molar refractivity (Wildman–Crippen MR) is 132 cm³/mol. The van der Waals surface area contributed by atoms with Gasteiger partial charge in [-0.1, -0.05) is 12.1 Å². The molecule has 1 aliphatic rings. The molecule has 4 rings (SSSR count). The Morgan fingerprint density at radius 1 is 1.00 bits per heavy atom. The summed E-state index contributed by atoms with van der Waals surface area (Å²) in [6.07, 6.45) is 5.06. The molecule has 34 heavy (non-hydrogen) atoms. The number of hydrogen-bond donors (Lipinski definition) is 0. The van der Waals surface area contributed by atoms with Crippen molar-refractivity contribution in [3.05, 3.63) is 88.7 Å². The van der Waals surface area contributed by atoms with Crippen LogP contribution in [0.5, 0.6) is 11.5 Å². The van der Waals surface area contributed by atoms with Crippen LogP contribution in [0, 0.1) is 12.7 Å². The zero-order valence-electron chi connectivity index (χ0n) is 19.6. The number of rotatable bonds is 7. The smallest absolute Gasteiger partial charge is 0.253 e. The number of nitrogens with zero attached hydrogens (tertiary/aromatic N) is 2. The maximum Gasteiger partial charge on any atom is 0.253 e. The second kappa shape index (κ2) is 11.0. The molecule has 0 N–H and O–H groups in total. The number of carbonyl (C=O) groups is 1. The highest BCUT2D eigenvalue weighted by Gasteiger charge is 2.18. The number of benzene rings is 3. The van der Waals surface area contributed by atoms with Crippen LogP contribution in [-0.2, 0) is 6.61 Å². The highest BCUT2D eigenvalue weighted by Crippen LogP contribution is 2.29. The molecule has 1 amide bonds. The van der Waals surface area contributed by atoms with Crippen LogP contribution in [0.2, 0.25) is 0 Å². The number of piperidine rings is 1. The maximum absolute atomic E-state index is 13.4. The molecule has 5 nitrogen and oxygen atoms in total. The molecule has 0 spiro atoms. The molecule has 1 fully saturated rings. The summed E-state index contributed by atoms with van der Waals surface area (Å²) < 4.78 is 24.9. The minimum absolute atomic E-state index is 0.0990. The lowest BCUT2D eigenvalue weighted by Gasteiger charge is -2.26. The van der Waals surface area contributed by atoms with Crippen LogP contribution in [0.3, 0.4) is 0 Å². The first-order valence-corrected chi connectivity index (χ1v) is 11.5. The second-order valence-corrected chi connectivity index (χ2v) is 8.44. The molecule has 0 bridgehead atoms. The molecule has 0 unspecified atom stereocenters. The van der Waals surface area contributed by atoms with Crippen molar-refractivity contribution in [3.8, 4) is 11.5 Å². The van der Waals surface area contributed by atoms with Gasteiger partial charge in [0.05, 0.1) is 12.8 Å². The third-order valence-electron chi connectivity index (χ3n) is 5.93. The average Bonchev–Trinajstić information content (AvgIpc) is 2.88. The van der Waals surface area contributed by atoms with E-state index in [2.05, 4.69) is 4.99 Å².